The van der Waals surface area contributed by atoms with Crippen LogP contribution in [0.4, 0.5) is 11.4 Å². The largest absolute Gasteiger partial charge is 0.495 e. The van der Waals surface area contributed by atoms with Crippen LogP contribution in [0.2, 0.25) is 5.02 Å². The van der Waals surface area contributed by atoms with E-state index in [-0.39, 0.29) is 33.9 Å². The van der Waals surface area contributed by atoms with Gasteiger partial charge in [0, 0.05) is 5.02 Å². The van der Waals surface area contributed by atoms with Crippen molar-refractivity contribution in [3.8, 4) is 17.2 Å². The van der Waals surface area contributed by atoms with Crippen LogP contribution in [0.3, 0.4) is 0 Å². The van der Waals surface area contributed by atoms with E-state index in [4.69, 9.17) is 25.8 Å². The highest BCUT2D eigenvalue weighted by Crippen LogP contribution is 2.34. The first kappa shape index (κ1) is 31.9. The van der Waals surface area contributed by atoms with E-state index in [0.717, 1.165) is 4.31 Å². The number of carbonyl (C=O) groups excluding carboxylic acids is 2. The fourth-order valence-electron chi connectivity index (χ4n) is 3.96. The maximum absolute atomic E-state index is 13.6. The number of nitrogens with one attached hydrogen (secondary N) is 2. The van der Waals surface area contributed by atoms with Gasteiger partial charge in [-0.2, -0.15) is 5.10 Å². The highest BCUT2D eigenvalue weighted by Gasteiger charge is 2.29. The van der Waals surface area contributed by atoms with Gasteiger partial charge >= 0.3 is 0 Å². The van der Waals surface area contributed by atoms with Crippen molar-refractivity contribution < 1.29 is 32.2 Å². The fraction of sp³-hybridized carbons (Fsp3) is 0.129. The SMILES string of the molecule is COc1ccccc1NC(=O)COc1ccc(/C=N\NC(=O)CN(c2cc(Cl)ccc2OC)S(=O)(=O)c2ccccc2)cc1. The molecule has 0 heterocycles. The highest BCUT2D eigenvalue weighted by atomic mass is 35.5. The third kappa shape index (κ3) is 8.27. The molecule has 0 spiro atoms. The van der Waals surface area contributed by atoms with Crippen molar-refractivity contribution in [1.82, 2.24) is 5.43 Å². The van der Waals surface area contributed by atoms with Crippen LogP contribution in [0.25, 0.3) is 0 Å². The van der Waals surface area contributed by atoms with E-state index in [1.165, 1.54) is 44.7 Å². The number of hydrazone groups is 1. The second kappa shape index (κ2) is 14.9. The zero-order valence-corrected chi connectivity index (χ0v) is 25.3. The first-order chi connectivity index (χ1) is 21.2. The minimum Gasteiger partial charge on any atom is -0.495 e. The van der Waals surface area contributed by atoms with Crippen LogP contribution in [0.15, 0.2) is 107 Å². The van der Waals surface area contributed by atoms with E-state index in [0.29, 0.717) is 22.7 Å². The average Bonchev–Trinajstić information content (AvgIpc) is 3.04. The number of benzene rings is 4. The van der Waals surface area contributed by atoms with Crippen LogP contribution in [0.5, 0.6) is 17.2 Å². The van der Waals surface area contributed by atoms with Crippen molar-refractivity contribution in [2.45, 2.75) is 4.90 Å². The zero-order chi connectivity index (χ0) is 31.5. The van der Waals surface area contributed by atoms with Gasteiger partial charge in [0.05, 0.1) is 36.7 Å². The Morgan fingerprint density at radius 3 is 2.25 bits per heavy atom. The predicted molar refractivity (Wildman–Crippen MR) is 168 cm³/mol. The molecule has 11 nitrogen and oxygen atoms in total. The van der Waals surface area contributed by atoms with Crippen LogP contribution >= 0.6 is 11.6 Å². The van der Waals surface area contributed by atoms with Gasteiger partial charge in [-0.1, -0.05) is 41.9 Å². The number of hydrogen-bond acceptors (Lipinski definition) is 8. The summed E-state index contributed by atoms with van der Waals surface area (Å²) < 4.78 is 44.1. The summed E-state index contributed by atoms with van der Waals surface area (Å²) in [6.45, 7) is -0.823. The normalized spacial score (nSPS) is 11.1. The summed E-state index contributed by atoms with van der Waals surface area (Å²) in [6, 6.07) is 25.8. The Labute approximate surface area is 260 Å². The van der Waals surface area contributed by atoms with Crippen molar-refractivity contribution in [1.29, 1.82) is 0 Å². The van der Waals surface area contributed by atoms with Gasteiger partial charge in [-0.05, 0) is 72.3 Å². The van der Waals surface area contributed by atoms with Crippen molar-refractivity contribution in [3.05, 3.63) is 108 Å². The molecule has 13 heteroatoms. The lowest BCUT2D eigenvalue weighted by Gasteiger charge is -2.25. The van der Waals surface area contributed by atoms with Gasteiger partial charge in [0.25, 0.3) is 21.8 Å². The monoisotopic (exact) mass is 636 g/mol. The molecule has 4 rings (SSSR count). The Morgan fingerprint density at radius 2 is 1.55 bits per heavy atom. The summed E-state index contributed by atoms with van der Waals surface area (Å²) in [5.74, 6) is 0.125. The number of halogens is 1. The number of amides is 2. The van der Waals surface area contributed by atoms with E-state index in [1.807, 2.05) is 0 Å². The van der Waals surface area contributed by atoms with Crippen molar-refractivity contribution in [2.75, 3.05) is 37.0 Å². The number of hydrogen-bond donors (Lipinski definition) is 2. The Hall–Kier alpha value is -5.07. The summed E-state index contributed by atoms with van der Waals surface area (Å²) >= 11 is 6.16. The number of ether oxygens (including phenoxy) is 3. The van der Waals surface area contributed by atoms with Crippen LogP contribution < -0.4 is 29.3 Å². The molecule has 0 radical (unpaired) electrons. The van der Waals surface area contributed by atoms with Gasteiger partial charge < -0.3 is 19.5 Å². The molecule has 2 N–H and O–H groups in total. The van der Waals surface area contributed by atoms with E-state index in [9.17, 15) is 18.0 Å². The van der Waals surface area contributed by atoms with Crippen LogP contribution in [-0.4, -0.2) is 53.8 Å². The maximum atomic E-state index is 13.6. The highest BCUT2D eigenvalue weighted by molar-refractivity contribution is 7.92. The van der Waals surface area contributed by atoms with Gasteiger partial charge in [-0.15, -0.1) is 0 Å². The summed E-state index contributed by atoms with van der Waals surface area (Å²) in [5, 5.41) is 6.94. The smallest absolute Gasteiger partial charge is 0.264 e. The minimum absolute atomic E-state index is 0.0158. The quantitative estimate of drug-likeness (QED) is 0.160. The summed E-state index contributed by atoms with van der Waals surface area (Å²) in [6.07, 6.45) is 1.38. The summed E-state index contributed by atoms with van der Waals surface area (Å²) in [4.78, 5) is 25.1. The predicted octanol–water partition coefficient (Wildman–Crippen LogP) is 4.72. The van der Waals surface area contributed by atoms with Gasteiger partial charge in [-0.3, -0.25) is 13.9 Å². The van der Waals surface area contributed by atoms with Gasteiger partial charge in [0.1, 0.15) is 23.8 Å². The molecule has 44 heavy (non-hydrogen) atoms. The van der Waals surface area contributed by atoms with Crippen molar-refractivity contribution in [3.63, 3.8) is 0 Å². The molecule has 0 saturated carbocycles. The summed E-state index contributed by atoms with van der Waals surface area (Å²) in [5.41, 5.74) is 3.59. The van der Waals surface area contributed by atoms with E-state index < -0.39 is 22.5 Å². The standard InChI is InChI=1S/C31H29ClN4O7S/c1-41-28-11-7-6-10-26(28)34-31(38)21-43-24-15-12-22(13-16-24)19-33-35-30(37)20-36(27-18-23(32)14-17-29(27)42-2)44(39,40)25-8-4-3-5-9-25/h3-19H,20-21H2,1-2H3,(H,34,38)(H,35,37)/b33-19-. The maximum Gasteiger partial charge on any atom is 0.264 e. The average molecular weight is 637 g/mol. The van der Waals surface area contributed by atoms with Crippen molar-refractivity contribution in [2.24, 2.45) is 5.10 Å². The number of sulfonamides is 1. The first-order valence-electron chi connectivity index (χ1n) is 13.1. The van der Waals surface area contributed by atoms with Gasteiger partial charge in [0.15, 0.2) is 6.61 Å². The number of methoxy groups -OCH3 is 2. The Bertz CT molecular complexity index is 1730. The molecule has 0 aliphatic carbocycles. The molecule has 0 saturated heterocycles. The lowest BCUT2D eigenvalue weighted by Crippen LogP contribution is -2.39. The second-order valence-electron chi connectivity index (χ2n) is 9.04. The molecular weight excluding hydrogens is 608 g/mol. The Morgan fingerprint density at radius 1 is 0.864 bits per heavy atom. The molecule has 228 valence electrons. The lowest BCUT2D eigenvalue weighted by atomic mass is 10.2. The van der Waals surface area contributed by atoms with Crippen LogP contribution in [0, 0.1) is 0 Å². The molecule has 0 unspecified atom stereocenters. The number of carbonyl (C=O) groups is 2. The van der Waals surface area contributed by atoms with Gasteiger partial charge in [-0.25, -0.2) is 13.8 Å². The molecule has 4 aromatic rings. The van der Waals surface area contributed by atoms with E-state index >= 15 is 0 Å². The third-order valence-electron chi connectivity index (χ3n) is 6.06. The van der Waals surface area contributed by atoms with E-state index in [1.54, 1.807) is 72.8 Å². The topological polar surface area (TPSA) is 136 Å². The molecule has 0 aliphatic rings. The van der Waals surface area contributed by atoms with E-state index in [2.05, 4.69) is 15.8 Å². The van der Waals surface area contributed by atoms with Gasteiger partial charge in [0.2, 0.25) is 0 Å². The van der Waals surface area contributed by atoms with Crippen molar-refractivity contribution >= 4 is 51.0 Å². The number of para-hydroxylation sites is 2. The third-order valence-corrected chi connectivity index (χ3v) is 8.07. The molecule has 0 fully saturated rings. The fourth-order valence-corrected chi connectivity index (χ4v) is 5.57. The second-order valence-corrected chi connectivity index (χ2v) is 11.3. The number of anilines is 2. The Balaban J connectivity index is 1.38. The lowest BCUT2D eigenvalue weighted by molar-refractivity contribution is -0.119. The first-order valence-corrected chi connectivity index (χ1v) is 14.9. The minimum atomic E-state index is -4.18. The molecular formula is C31H29ClN4O7S. The molecule has 4 aromatic carbocycles. The number of nitrogens with zero attached hydrogens (tertiary/aromatic N) is 2. The molecule has 0 aromatic heterocycles. The van der Waals surface area contributed by atoms with Crippen LogP contribution in [-0.2, 0) is 19.6 Å². The molecule has 2 amide bonds. The number of rotatable bonds is 13. The molecule has 0 aliphatic heterocycles. The molecule has 0 bridgehead atoms. The Kier molecular flexibility index (Phi) is 10.8. The van der Waals surface area contributed by atoms with Crippen LogP contribution in [0.1, 0.15) is 5.56 Å². The zero-order valence-electron chi connectivity index (χ0n) is 23.8. The summed E-state index contributed by atoms with van der Waals surface area (Å²) in [7, 11) is -1.28. The molecule has 0 atom stereocenters.